The first-order valence-corrected chi connectivity index (χ1v) is 6.94. The van der Waals surface area contributed by atoms with E-state index in [2.05, 4.69) is 10.6 Å². The lowest BCUT2D eigenvalue weighted by molar-refractivity contribution is -0.116. The minimum absolute atomic E-state index is 0. The SMILES string of the molecule is CNCCCC(=O)Nc1ccc2c(c1)C(=O)N(C)CC2.Cl. The number of carbonyl (C=O) groups excluding carboxylic acids is 2. The van der Waals surface area contributed by atoms with Crippen molar-refractivity contribution < 1.29 is 9.59 Å². The van der Waals surface area contributed by atoms with Crippen molar-refractivity contribution in [3.05, 3.63) is 29.3 Å². The van der Waals surface area contributed by atoms with Crippen molar-refractivity contribution in [2.75, 3.05) is 32.5 Å². The lowest BCUT2D eigenvalue weighted by atomic mass is 9.98. The first-order chi connectivity index (χ1) is 9.61. The van der Waals surface area contributed by atoms with E-state index in [-0.39, 0.29) is 24.2 Å². The second kappa shape index (κ2) is 8.00. The van der Waals surface area contributed by atoms with Crippen LogP contribution in [0.15, 0.2) is 18.2 Å². The van der Waals surface area contributed by atoms with Crippen LogP contribution in [0.25, 0.3) is 0 Å². The average molecular weight is 312 g/mol. The van der Waals surface area contributed by atoms with Crippen LogP contribution < -0.4 is 10.6 Å². The van der Waals surface area contributed by atoms with Crippen molar-refractivity contribution in [2.24, 2.45) is 0 Å². The number of benzene rings is 1. The van der Waals surface area contributed by atoms with Crippen LogP contribution in [-0.2, 0) is 11.2 Å². The molecule has 0 saturated carbocycles. The Balaban J connectivity index is 0.00000220. The highest BCUT2D eigenvalue weighted by atomic mass is 35.5. The van der Waals surface area contributed by atoms with Crippen LogP contribution in [0.4, 0.5) is 5.69 Å². The maximum Gasteiger partial charge on any atom is 0.253 e. The van der Waals surface area contributed by atoms with Gasteiger partial charge in [-0.2, -0.15) is 0 Å². The fourth-order valence-corrected chi connectivity index (χ4v) is 2.32. The van der Waals surface area contributed by atoms with Gasteiger partial charge in [-0.15, -0.1) is 12.4 Å². The molecule has 2 amide bonds. The average Bonchev–Trinajstić information content (AvgIpc) is 2.44. The molecule has 0 radical (unpaired) electrons. The number of fused-ring (bicyclic) bond motifs is 1. The first kappa shape index (κ1) is 17.5. The van der Waals surface area contributed by atoms with E-state index in [1.54, 1.807) is 18.0 Å². The molecule has 1 aliphatic heterocycles. The van der Waals surface area contributed by atoms with E-state index in [0.29, 0.717) is 17.7 Å². The van der Waals surface area contributed by atoms with Crippen molar-refractivity contribution in [1.82, 2.24) is 10.2 Å². The number of carbonyl (C=O) groups is 2. The summed E-state index contributed by atoms with van der Waals surface area (Å²) in [5.41, 5.74) is 2.45. The van der Waals surface area contributed by atoms with Crippen molar-refractivity contribution in [2.45, 2.75) is 19.3 Å². The normalized spacial score (nSPS) is 13.4. The summed E-state index contributed by atoms with van der Waals surface area (Å²) in [4.78, 5) is 25.5. The van der Waals surface area contributed by atoms with E-state index in [0.717, 1.165) is 31.5 Å². The molecule has 2 N–H and O–H groups in total. The highest BCUT2D eigenvalue weighted by Crippen LogP contribution is 2.22. The van der Waals surface area contributed by atoms with Gasteiger partial charge in [-0.25, -0.2) is 0 Å². The molecule has 116 valence electrons. The molecular weight excluding hydrogens is 290 g/mol. The quantitative estimate of drug-likeness (QED) is 0.813. The zero-order valence-corrected chi connectivity index (χ0v) is 13.3. The van der Waals surface area contributed by atoms with E-state index in [4.69, 9.17) is 0 Å². The molecule has 5 nitrogen and oxygen atoms in total. The number of nitrogens with zero attached hydrogens (tertiary/aromatic N) is 1. The van der Waals surface area contributed by atoms with Gasteiger partial charge in [-0.3, -0.25) is 9.59 Å². The van der Waals surface area contributed by atoms with Gasteiger partial charge in [0.2, 0.25) is 5.91 Å². The Morgan fingerprint density at radius 3 is 2.86 bits per heavy atom. The minimum atomic E-state index is -0.0168. The third-order valence-electron chi connectivity index (χ3n) is 3.52. The van der Waals surface area contributed by atoms with Crippen LogP contribution >= 0.6 is 12.4 Å². The number of amides is 2. The highest BCUT2D eigenvalue weighted by molar-refractivity contribution is 5.99. The van der Waals surface area contributed by atoms with Crippen LogP contribution in [0, 0.1) is 0 Å². The van der Waals surface area contributed by atoms with Crippen molar-refractivity contribution in [3.63, 3.8) is 0 Å². The molecule has 1 aromatic carbocycles. The first-order valence-electron chi connectivity index (χ1n) is 6.94. The van der Waals surface area contributed by atoms with Gasteiger partial charge in [-0.1, -0.05) is 6.07 Å². The summed E-state index contributed by atoms with van der Waals surface area (Å²) in [5.74, 6) is 0.00865. The zero-order chi connectivity index (χ0) is 14.5. The molecule has 1 aromatic rings. The fraction of sp³-hybridized carbons (Fsp3) is 0.467. The molecule has 0 bridgehead atoms. The molecule has 0 unspecified atom stereocenters. The Hall–Kier alpha value is -1.59. The minimum Gasteiger partial charge on any atom is -0.341 e. The van der Waals surface area contributed by atoms with Crippen molar-refractivity contribution in [3.8, 4) is 0 Å². The number of hydrogen-bond acceptors (Lipinski definition) is 3. The van der Waals surface area contributed by atoms with E-state index in [1.807, 2.05) is 19.2 Å². The molecule has 0 saturated heterocycles. The topological polar surface area (TPSA) is 61.4 Å². The molecular formula is C15H22ClN3O2. The van der Waals surface area contributed by atoms with Crippen molar-refractivity contribution in [1.29, 1.82) is 0 Å². The maximum atomic E-state index is 12.1. The van der Waals surface area contributed by atoms with Crippen LogP contribution in [0.5, 0.6) is 0 Å². The molecule has 21 heavy (non-hydrogen) atoms. The molecule has 1 heterocycles. The number of halogens is 1. The monoisotopic (exact) mass is 311 g/mol. The van der Waals surface area contributed by atoms with Gasteiger partial charge in [0.1, 0.15) is 0 Å². The molecule has 0 aromatic heterocycles. The number of rotatable bonds is 5. The Morgan fingerprint density at radius 1 is 1.38 bits per heavy atom. The molecule has 0 atom stereocenters. The second-order valence-electron chi connectivity index (χ2n) is 5.10. The number of hydrogen-bond donors (Lipinski definition) is 2. The van der Waals surface area contributed by atoms with Crippen LogP contribution in [0.3, 0.4) is 0 Å². The van der Waals surface area contributed by atoms with Gasteiger partial charge in [0.25, 0.3) is 5.91 Å². The lowest BCUT2D eigenvalue weighted by Crippen LogP contribution is -2.34. The summed E-state index contributed by atoms with van der Waals surface area (Å²) in [6.45, 7) is 1.57. The largest absolute Gasteiger partial charge is 0.341 e. The predicted octanol–water partition coefficient (Wildman–Crippen LogP) is 1.67. The van der Waals surface area contributed by atoms with Crippen LogP contribution in [0.1, 0.15) is 28.8 Å². The van der Waals surface area contributed by atoms with E-state index in [9.17, 15) is 9.59 Å². The van der Waals surface area contributed by atoms with Gasteiger partial charge in [-0.05, 0) is 44.1 Å². The summed E-state index contributed by atoms with van der Waals surface area (Å²) in [5, 5.41) is 5.86. The third kappa shape index (κ3) is 4.44. The van der Waals surface area contributed by atoms with Gasteiger partial charge in [0, 0.05) is 31.3 Å². The van der Waals surface area contributed by atoms with Crippen LogP contribution in [-0.4, -0.2) is 43.9 Å². The van der Waals surface area contributed by atoms with Gasteiger partial charge < -0.3 is 15.5 Å². The predicted molar refractivity (Wildman–Crippen MR) is 86.1 cm³/mol. The number of nitrogens with one attached hydrogen (secondary N) is 2. The maximum absolute atomic E-state index is 12.1. The Labute approximate surface area is 131 Å². The van der Waals surface area contributed by atoms with Gasteiger partial charge in [0.15, 0.2) is 0 Å². The summed E-state index contributed by atoms with van der Waals surface area (Å²) in [7, 11) is 3.66. The van der Waals surface area contributed by atoms with E-state index >= 15 is 0 Å². The van der Waals surface area contributed by atoms with E-state index < -0.39 is 0 Å². The summed E-state index contributed by atoms with van der Waals surface area (Å²) >= 11 is 0. The number of likely N-dealkylation sites (N-methyl/N-ethyl adjacent to an activating group) is 1. The summed E-state index contributed by atoms with van der Waals surface area (Å²) < 4.78 is 0. The summed E-state index contributed by atoms with van der Waals surface area (Å²) in [6, 6.07) is 5.58. The highest BCUT2D eigenvalue weighted by Gasteiger charge is 2.21. The smallest absolute Gasteiger partial charge is 0.253 e. The molecule has 0 fully saturated rings. The Bertz CT molecular complexity index is 520. The second-order valence-corrected chi connectivity index (χ2v) is 5.10. The number of anilines is 1. The Morgan fingerprint density at radius 2 is 2.14 bits per heavy atom. The molecule has 0 aliphatic carbocycles. The molecule has 0 spiro atoms. The fourth-order valence-electron chi connectivity index (χ4n) is 2.32. The zero-order valence-electron chi connectivity index (χ0n) is 12.4. The van der Waals surface area contributed by atoms with Gasteiger partial charge in [0.05, 0.1) is 0 Å². The van der Waals surface area contributed by atoms with Gasteiger partial charge >= 0.3 is 0 Å². The summed E-state index contributed by atoms with van der Waals surface area (Å²) in [6.07, 6.45) is 2.15. The Kier molecular flexibility index (Phi) is 6.65. The molecule has 1 aliphatic rings. The van der Waals surface area contributed by atoms with E-state index in [1.165, 1.54) is 0 Å². The third-order valence-corrected chi connectivity index (χ3v) is 3.52. The van der Waals surface area contributed by atoms with Crippen LogP contribution in [0.2, 0.25) is 0 Å². The lowest BCUT2D eigenvalue weighted by Gasteiger charge is -2.25. The molecule has 6 heteroatoms. The van der Waals surface area contributed by atoms with Crippen molar-refractivity contribution >= 4 is 29.9 Å². The molecule has 2 rings (SSSR count). The standard InChI is InChI=1S/C15H21N3O2.ClH/c1-16-8-3-4-14(19)17-12-6-5-11-7-9-18(2)15(20)13(11)10-12;/h5-6,10,16H,3-4,7-9H2,1-2H3,(H,17,19);1H.